The lowest BCUT2D eigenvalue weighted by Gasteiger charge is -2.29. The molecule has 4 heteroatoms. The van der Waals surface area contributed by atoms with Crippen LogP contribution in [0.1, 0.15) is 19.3 Å². The maximum atomic E-state index is 5.88. The average Bonchev–Trinajstić information content (AvgIpc) is 2.31. The highest BCUT2D eigenvalue weighted by molar-refractivity contribution is 5.65. The molecule has 0 amide bonds. The summed E-state index contributed by atoms with van der Waals surface area (Å²) in [6, 6.07) is 1.94. The van der Waals surface area contributed by atoms with E-state index in [2.05, 4.69) is 9.88 Å². The maximum absolute atomic E-state index is 5.88. The van der Waals surface area contributed by atoms with Gasteiger partial charge in [-0.1, -0.05) is 0 Å². The molecule has 4 nitrogen and oxygen atoms in total. The van der Waals surface area contributed by atoms with Crippen LogP contribution in [-0.4, -0.2) is 31.3 Å². The fourth-order valence-corrected chi connectivity index (χ4v) is 2.10. The molecule has 0 spiro atoms. The maximum Gasteiger partial charge on any atom is 0.0749 e. The van der Waals surface area contributed by atoms with Gasteiger partial charge in [-0.25, -0.2) is 0 Å². The summed E-state index contributed by atoms with van der Waals surface area (Å²) >= 11 is 0. The Kier molecular flexibility index (Phi) is 3.62. The van der Waals surface area contributed by atoms with Crippen LogP contribution in [0, 0.1) is 0 Å². The second kappa shape index (κ2) is 5.16. The van der Waals surface area contributed by atoms with E-state index in [1.54, 1.807) is 12.4 Å². The highest BCUT2D eigenvalue weighted by Crippen LogP contribution is 2.22. The van der Waals surface area contributed by atoms with Gasteiger partial charge >= 0.3 is 0 Å². The van der Waals surface area contributed by atoms with E-state index in [9.17, 15) is 0 Å². The number of nitrogen functional groups attached to an aromatic ring is 1. The average molecular weight is 221 g/mol. The molecule has 0 radical (unpaired) electrons. The predicted molar refractivity (Wildman–Crippen MR) is 65.5 cm³/mol. The van der Waals surface area contributed by atoms with Crippen LogP contribution >= 0.6 is 0 Å². The molecular formula is C12H19N3O. The monoisotopic (exact) mass is 221 g/mol. The fourth-order valence-electron chi connectivity index (χ4n) is 2.10. The summed E-state index contributed by atoms with van der Waals surface area (Å²) in [6.07, 6.45) is 7.40. The van der Waals surface area contributed by atoms with Crippen molar-refractivity contribution in [2.75, 3.05) is 30.8 Å². The summed E-state index contributed by atoms with van der Waals surface area (Å²) in [6.45, 7) is 1.79. The molecule has 1 fully saturated rings. The molecule has 0 aromatic carbocycles. The lowest BCUT2D eigenvalue weighted by atomic mass is 10.1. The number of likely N-dealkylation sites (N-methyl/N-ethyl adjacent to an activating group) is 1. The van der Waals surface area contributed by atoms with E-state index in [4.69, 9.17) is 10.5 Å². The largest absolute Gasteiger partial charge is 0.396 e. The Hall–Kier alpha value is -1.29. The zero-order valence-corrected chi connectivity index (χ0v) is 9.72. The van der Waals surface area contributed by atoms with Crippen molar-refractivity contribution in [3.8, 4) is 0 Å². The van der Waals surface area contributed by atoms with Crippen LogP contribution in [-0.2, 0) is 4.74 Å². The highest BCUT2D eigenvalue weighted by Gasteiger charge is 2.16. The number of hydrogen-bond donors (Lipinski definition) is 1. The van der Waals surface area contributed by atoms with Gasteiger partial charge in [-0.05, 0) is 25.3 Å². The van der Waals surface area contributed by atoms with Gasteiger partial charge < -0.3 is 15.4 Å². The van der Waals surface area contributed by atoms with Gasteiger partial charge in [0, 0.05) is 26.4 Å². The summed E-state index contributed by atoms with van der Waals surface area (Å²) in [5, 5.41) is 0. The first-order valence-corrected chi connectivity index (χ1v) is 5.79. The van der Waals surface area contributed by atoms with Crippen molar-refractivity contribution in [3.05, 3.63) is 18.5 Å². The zero-order chi connectivity index (χ0) is 11.4. The minimum absolute atomic E-state index is 0.339. The van der Waals surface area contributed by atoms with Gasteiger partial charge in [0.15, 0.2) is 0 Å². The molecule has 0 bridgehead atoms. The van der Waals surface area contributed by atoms with Crippen molar-refractivity contribution in [2.45, 2.75) is 25.4 Å². The number of anilines is 2. The van der Waals surface area contributed by atoms with E-state index in [0.29, 0.717) is 6.10 Å². The van der Waals surface area contributed by atoms with Crippen LogP contribution < -0.4 is 10.6 Å². The Balaban J connectivity index is 1.96. The van der Waals surface area contributed by atoms with Crippen molar-refractivity contribution in [1.82, 2.24) is 4.98 Å². The van der Waals surface area contributed by atoms with Crippen molar-refractivity contribution in [3.63, 3.8) is 0 Å². The summed E-state index contributed by atoms with van der Waals surface area (Å²) in [4.78, 5) is 6.14. The Labute approximate surface area is 96.4 Å². The second-order valence-electron chi connectivity index (χ2n) is 4.30. The first kappa shape index (κ1) is 11.2. The molecule has 1 atom stereocenters. The third-order valence-electron chi connectivity index (χ3n) is 2.99. The van der Waals surface area contributed by atoms with E-state index in [0.717, 1.165) is 30.9 Å². The lowest BCUT2D eigenvalue weighted by molar-refractivity contribution is 0.0216. The summed E-state index contributed by atoms with van der Waals surface area (Å²) in [7, 11) is 2.05. The van der Waals surface area contributed by atoms with E-state index < -0.39 is 0 Å². The molecular weight excluding hydrogens is 202 g/mol. The first-order valence-electron chi connectivity index (χ1n) is 5.79. The fraction of sp³-hybridized carbons (Fsp3) is 0.583. The van der Waals surface area contributed by atoms with Gasteiger partial charge in [0.1, 0.15) is 0 Å². The molecule has 88 valence electrons. The number of hydrogen-bond acceptors (Lipinski definition) is 4. The van der Waals surface area contributed by atoms with Crippen molar-refractivity contribution < 1.29 is 4.74 Å². The first-order chi connectivity index (χ1) is 7.77. The Morgan fingerprint density at radius 1 is 1.56 bits per heavy atom. The smallest absolute Gasteiger partial charge is 0.0749 e. The van der Waals surface area contributed by atoms with E-state index in [1.165, 1.54) is 12.8 Å². The number of nitrogens with two attached hydrogens (primary N) is 1. The van der Waals surface area contributed by atoms with Gasteiger partial charge in [0.05, 0.1) is 23.7 Å². The number of nitrogens with zero attached hydrogens (tertiary/aromatic N) is 2. The van der Waals surface area contributed by atoms with Crippen molar-refractivity contribution in [2.24, 2.45) is 0 Å². The predicted octanol–water partition coefficient (Wildman–Crippen LogP) is 1.67. The molecule has 16 heavy (non-hydrogen) atoms. The standard InChI is InChI=1S/C12H19N3O/c1-15(9-10-4-2-3-7-16-10)12-5-6-14-8-11(12)13/h5-6,8,10H,2-4,7,9,13H2,1H3. The summed E-state index contributed by atoms with van der Waals surface area (Å²) in [5.74, 6) is 0. The zero-order valence-electron chi connectivity index (χ0n) is 9.72. The molecule has 1 unspecified atom stereocenters. The van der Waals surface area contributed by atoms with Crippen LogP contribution in [0.4, 0.5) is 11.4 Å². The number of ether oxygens (including phenoxy) is 1. The van der Waals surface area contributed by atoms with E-state index in [-0.39, 0.29) is 0 Å². The molecule has 2 rings (SSSR count). The summed E-state index contributed by atoms with van der Waals surface area (Å²) in [5.41, 5.74) is 7.64. The van der Waals surface area contributed by atoms with Gasteiger partial charge in [-0.3, -0.25) is 4.98 Å². The molecule has 2 N–H and O–H groups in total. The second-order valence-corrected chi connectivity index (χ2v) is 4.30. The molecule has 0 aliphatic carbocycles. The van der Waals surface area contributed by atoms with Crippen LogP contribution in [0.5, 0.6) is 0 Å². The summed E-state index contributed by atoms with van der Waals surface area (Å²) < 4.78 is 5.71. The quantitative estimate of drug-likeness (QED) is 0.843. The SMILES string of the molecule is CN(CC1CCCCO1)c1ccncc1N. The third-order valence-corrected chi connectivity index (χ3v) is 2.99. The molecule has 0 saturated carbocycles. The van der Waals surface area contributed by atoms with Gasteiger partial charge in [0.25, 0.3) is 0 Å². The van der Waals surface area contributed by atoms with Crippen molar-refractivity contribution >= 4 is 11.4 Å². The van der Waals surface area contributed by atoms with Crippen molar-refractivity contribution in [1.29, 1.82) is 0 Å². The van der Waals surface area contributed by atoms with Crippen LogP contribution in [0.25, 0.3) is 0 Å². The van der Waals surface area contributed by atoms with Crippen LogP contribution in [0.2, 0.25) is 0 Å². The number of rotatable bonds is 3. The Morgan fingerprint density at radius 2 is 2.44 bits per heavy atom. The van der Waals surface area contributed by atoms with Crippen LogP contribution in [0.15, 0.2) is 18.5 Å². The Bertz CT molecular complexity index is 337. The molecule has 1 aliphatic heterocycles. The molecule has 2 heterocycles. The minimum Gasteiger partial charge on any atom is -0.396 e. The third kappa shape index (κ3) is 2.64. The molecule has 1 aromatic heterocycles. The lowest BCUT2D eigenvalue weighted by Crippen LogP contribution is -2.33. The van der Waals surface area contributed by atoms with E-state index >= 15 is 0 Å². The Morgan fingerprint density at radius 3 is 3.12 bits per heavy atom. The normalized spacial score (nSPS) is 20.7. The molecule has 1 aromatic rings. The van der Waals surface area contributed by atoms with E-state index in [1.807, 2.05) is 13.1 Å². The van der Waals surface area contributed by atoms with Gasteiger partial charge in [-0.2, -0.15) is 0 Å². The highest BCUT2D eigenvalue weighted by atomic mass is 16.5. The van der Waals surface area contributed by atoms with Gasteiger partial charge in [0.2, 0.25) is 0 Å². The number of pyridine rings is 1. The number of aromatic nitrogens is 1. The minimum atomic E-state index is 0.339. The molecule has 1 aliphatic rings. The van der Waals surface area contributed by atoms with Gasteiger partial charge in [-0.15, -0.1) is 0 Å². The topological polar surface area (TPSA) is 51.4 Å². The molecule has 1 saturated heterocycles. The van der Waals surface area contributed by atoms with Crippen LogP contribution in [0.3, 0.4) is 0 Å².